The van der Waals surface area contributed by atoms with E-state index in [1.807, 2.05) is 0 Å². The molecule has 4 nitrogen and oxygen atoms in total. The lowest BCUT2D eigenvalue weighted by molar-refractivity contribution is -0.904. The SMILES string of the molecule is CC1CCC(C(C)C)C(OC(=O)C[N+]2(C)CCNCC2)C1. The monoisotopic (exact) mass is 297 g/mol. The summed E-state index contributed by atoms with van der Waals surface area (Å²) in [5.74, 6) is 1.82. The van der Waals surface area contributed by atoms with Gasteiger partial charge in [0.25, 0.3) is 0 Å². The van der Waals surface area contributed by atoms with Gasteiger partial charge in [-0.05, 0) is 30.6 Å². The van der Waals surface area contributed by atoms with Crippen LogP contribution in [0.2, 0.25) is 0 Å². The number of ether oxygens (including phenoxy) is 1. The molecule has 2 fully saturated rings. The third kappa shape index (κ3) is 4.68. The minimum atomic E-state index is 0.00384. The summed E-state index contributed by atoms with van der Waals surface area (Å²) < 4.78 is 6.75. The molecule has 2 aliphatic rings. The Balaban J connectivity index is 1.90. The number of hydrogen-bond donors (Lipinski definition) is 1. The first kappa shape index (κ1) is 16.8. The van der Waals surface area contributed by atoms with Crippen LogP contribution in [0.3, 0.4) is 0 Å². The molecule has 1 aliphatic heterocycles. The Morgan fingerprint density at radius 2 is 1.95 bits per heavy atom. The molecule has 0 amide bonds. The van der Waals surface area contributed by atoms with Crippen molar-refractivity contribution in [2.45, 2.75) is 46.1 Å². The van der Waals surface area contributed by atoms with E-state index >= 15 is 0 Å². The Morgan fingerprint density at radius 3 is 2.57 bits per heavy atom. The van der Waals surface area contributed by atoms with E-state index in [1.165, 1.54) is 12.8 Å². The molecule has 4 heteroatoms. The van der Waals surface area contributed by atoms with E-state index in [-0.39, 0.29) is 12.1 Å². The highest BCUT2D eigenvalue weighted by Crippen LogP contribution is 2.35. The maximum absolute atomic E-state index is 12.4. The molecule has 0 bridgehead atoms. The summed E-state index contributed by atoms with van der Waals surface area (Å²) in [5, 5.41) is 3.35. The Kier molecular flexibility index (Phi) is 5.67. The normalized spacial score (nSPS) is 32.9. The quantitative estimate of drug-likeness (QED) is 0.637. The van der Waals surface area contributed by atoms with Crippen molar-refractivity contribution >= 4 is 5.97 Å². The Labute approximate surface area is 129 Å². The van der Waals surface area contributed by atoms with Gasteiger partial charge < -0.3 is 14.5 Å². The van der Waals surface area contributed by atoms with Gasteiger partial charge in [-0.25, -0.2) is 4.79 Å². The van der Waals surface area contributed by atoms with Crippen molar-refractivity contribution in [3.8, 4) is 0 Å². The zero-order chi connectivity index (χ0) is 15.5. The summed E-state index contributed by atoms with van der Waals surface area (Å²) >= 11 is 0. The fourth-order valence-electron chi connectivity index (χ4n) is 3.86. The van der Waals surface area contributed by atoms with Crippen molar-refractivity contribution in [2.75, 3.05) is 39.8 Å². The summed E-state index contributed by atoms with van der Waals surface area (Å²) in [7, 11) is 2.17. The van der Waals surface area contributed by atoms with Gasteiger partial charge in [0, 0.05) is 13.1 Å². The minimum Gasteiger partial charge on any atom is -0.458 e. The molecule has 0 aromatic heterocycles. The fourth-order valence-corrected chi connectivity index (χ4v) is 3.86. The van der Waals surface area contributed by atoms with Gasteiger partial charge in [0.15, 0.2) is 6.54 Å². The van der Waals surface area contributed by atoms with Gasteiger partial charge in [-0.1, -0.05) is 27.2 Å². The van der Waals surface area contributed by atoms with Crippen molar-refractivity contribution < 1.29 is 14.0 Å². The third-order valence-corrected chi connectivity index (χ3v) is 5.41. The molecule has 2 rings (SSSR count). The molecule has 0 aromatic rings. The number of nitrogens with one attached hydrogen (secondary N) is 1. The summed E-state index contributed by atoms with van der Waals surface area (Å²) in [6.45, 7) is 11.3. The van der Waals surface area contributed by atoms with Crippen LogP contribution >= 0.6 is 0 Å². The van der Waals surface area contributed by atoms with Crippen molar-refractivity contribution in [3.63, 3.8) is 0 Å². The number of hydrogen-bond acceptors (Lipinski definition) is 3. The maximum atomic E-state index is 12.4. The molecule has 3 unspecified atom stereocenters. The summed E-state index contributed by atoms with van der Waals surface area (Å²) in [5.41, 5.74) is 0. The van der Waals surface area contributed by atoms with Gasteiger partial charge in [-0.2, -0.15) is 0 Å². The minimum absolute atomic E-state index is 0.00384. The number of nitrogens with zero attached hydrogens (tertiary/aromatic N) is 1. The number of carbonyl (C=O) groups excluding carboxylic acids is 1. The lowest BCUT2D eigenvalue weighted by atomic mass is 9.75. The largest absolute Gasteiger partial charge is 0.458 e. The van der Waals surface area contributed by atoms with E-state index in [9.17, 15) is 4.79 Å². The highest BCUT2D eigenvalue weighted by Gasteiger charge is 2.35. The molecular formula is C17H33N2O2+. The zero-order valence-electron chi connectivity index (χ0n) is 14.2. The molecule has 1 aliphatic carbocycles. The zero-order valence-corrected chi connectivity index (χ0v) is 14.2. The van der Waals surface area contributed by atoms with E-state index in [2.05, 4.69) is 33.1 Å². The second kappa shape index (κ2) is 7.10. The van der Waals surface area contributed by atoms with Crippen LogP contribution in [0.5, 0.6) is 0 Å². The van der Waals surface area contributed by atoms with Crippen LogP contribution in [-0.4, -0.2) is 56.3 Å². The van der Waals surface area contributed by atoms with Crippen LogP contribution in [-0.2, 0) is 9.53 Å². The first-order valence-corrected chi connectivity index (χ1v) is 8.63. The molecule has 21 heavy (non-hydrogen) atoms. The predicted octanol–water partition coefficient (Wildman–Crippen LogP) is 2.04. The maximum Gasteiger partial charge on any atom is 0.362 e. The van der Waals surface area contributed by atoms with Crippen LogP contribution in [0.25, 0.3) is 0 Å². The first-order valence-electron chi connectivity index (χ1n) is 8.63. The Hall–Kier alpha value is -0.610. The van der Waals surface area contributed by atoms with Gasteiger partial charge in [-0.3, -0.25) is 0 Å². The van der Waals surface area contributed by atoms with Crippen molar-refractivity contribution in [1.29, 1.82) is 0 Å². The Morgan fingerprint density at radius 1 is 1.29 bits per heavy atom. The van der Waals surface area contributed by atoms with E-state index in [0.29, 0.717) is 24.3 Å². The lowest BCUT2D eigenvalue weighted by Crippen LogP contribution is -2.58. The molecule has 1 heterocycles. The number of piperazine rings is 1. The van der Waals surface area contributed by atoms with E-state index in [1.54, 1.807) is 0 Å². The van der Waals surface area contributed by atoms with Crippen molar-refractivity contribution in [1.82, 2.24) is 5.32 Å². The highest BCUT2D eigenvalue weighted by molar-refractivity contribution is 5.70. The third-order valence-electron chi connectivity index (χ3n) is 5.41. The molecule has 1 saturated carbocycles. The average molecular weight is 297 g/mol. The first-order chi connectivity index (χ1) is 9.89. The van der Waals surface area contributed by atoms with Gasteiger partial charge in [0.2, 0.25) is 0 Å². The molecule has 0 aromatic carbocycles. The number of rotatable bonds is 4. The molecule has 0 spiro atoms. The summed E-state index contributed by atoms with van der Waals surface area (Å²) in [6, 6.07) is 0. The fraction of sp³-hybridized carbons (Fsp3) is 0.941. The van der Waals surface area contributed by atoms with Crippen LogP contribution in [0, 0.1) is 17.8 Å². The van der Waals surface area contributed by atoms with Gasteiger partial charge in [0.1, 0.15) is 6.10 Å². The lowest BCUT2D eigenvalue weighted by Gasteiger charge is -2.39. The van der Waals surface area contributed by atoms with Gasteiger partial charge >= 0.3 is 5.97 Å². The van der Waals surface area contributed by atoms with Gasteiger partial charge in [-0.15, -0.1) is 0 Å². The van der Waals surface area contributed by atoms with Crippen LogP contribution in [0.4, 0.5) is 0 Å². The molecule has 1 saturated heterocycles. The predicted molar refractivity (Wildman–Crippen MR) is 84.9 cm³/mol. The van der Waals surface area contributed by atoms with Crippen molar-refractivity contribution in [3.05, 3.63) is 0 Å². The topological polar surface area (TPSA) is 38.3 Å². The van der Waals surface area contributed by atoms with E-state index in [4.69, 9.17) is 4.74 Å². The molecule has 0 radical (unpaired) electrons. The summed E-state index contributed by atoms with van der Waals surface area (Å²) in [6.07, 6.45) is 3.65. The number of likely N-dealkylation sites (N-methyl/N-ethyl adjacent to an activating group) is 1. The van der Waals surface area contributed by atoms with Gasteiger partial charge in [0.05, 0.1) is 20.1 Å². The smallest absolute Gasteiger partial charge is 0.362 e. The number of carbonyl (C=O) groups is 1. The molecule has 122 valence electrons. The molecular weight excluding hydrogens is 264 g/mol. The number of esters is 1. The second-order valence-electron chi connectivity index (χ2n) is 7.83. The van der Waals surface area contributed by atoms with Crippen LogP contribution in [0.1, 0.15) is 40.0 Å². The molecule has 1 N–H and O–H groups in total. The van der Waals surface area contributed by atoms with E-state index < -0.39 is 0 Å². The Bertz CT molecular complexity index is 351. The highest BCUT2D eigenvalue weighted by atomic mass is 16.5. The number of quaternary nitrogens is 1. The van der Waals surface area contributed by atoms with E-state index in [0.717, 1.165) is 37.1 Å². The summed E-state index contributed by atoms with van der Waals surface area (Å²) in [4.78, 5) is 12.4. The average Bonchev–Trinajstić information content (AvgIpc) is 2.38. The van der Waals surface area contributed by atoms with Crippen LogP contribution < -0.4 is 5.32 Å². The van der Waals surface area contributed by atoms with Crippen LogP contribution in [0.15, 0.2) is 0 Å². The second-order valence-corrected chi connectivity index (χ2v) is 7.83. The standard InChI is InChI=1S/C17H33N2O2/c1-13(2)15-6-5-14(3)11-16(15)21-17(20)12-19(4)9-7-18-8-10-19/h13-16,18H,5-12H2,1-4H3/q+1. The van der Waals surface area contributed by atoms with Crippen molar-refractivity contribution in [2.24, 2.45) is 17.8 Å². The molecule has 3 atom stereocenters.